The third kappa shape index (κ3) is 2.57. The Kier molecular flexibility index (Phi) is 4.09. The fourth-order valence-corrected chi connectivity index (χ4v) is 5.10. The van der Waals surface area contributed by atoms with E-state index < -0.39 is 16.0 Å². The largest absolute Gasteiger partial charge is 0.481 e. The first-order chi connectivity index (χ1) is 11.3. The second-order valence-electron chi connectivity index (χ2n) is 5.72. The van der Waals surface area contributed by atoms with Crippen LogP contribution in [0.3, 0.4) is 0 Å². The van der Waals surface area contributed by atoms with Crippen LogP contribution in [-0.2, 0) is 21.2 Å². The molecule has 1 N–H and O–H groups in total. The van der Waals surface area contributed by atoms with Crippen molar-refractivity contribution in [2.45, 2.75) is 18.2 Å². The van der Waals surface area contributed by atoms with E-state index in [1.807, 2.05) is 31.4 Å². The van der Waals surface area contributed by atoms with Crippen LogP contribution in [0.1, 0.15) is 11.1 Å². The number of nitrogens with zero attached hydrogens (tertiary/aromatic N) is 1. The molecule has 0 saturated carbocycles. The molecular weight excluding hydrogens is 346 g/mol. The Balaban J connectivity index is 2.63. The highest BCUT2D eigenvalue weighted by molar-refractivity contribution is 7.99. The van der Waals surface area contributed by atoms with Crippen LogP contribution < -0.4 is 0 Å². The number of aryl methyl sites for hydroxylation is 1. The quantitative estimate of drug-likeness (QED) is 0.720. The van der Waals surface area contributed by atoms with E-state index in [-0.39, 0.29) is 6.42 Å². The molecule has 24 heavy (non-hydrogen) atoms. The molecule has 0 fully saturated rings. The highest BCUT2D eigenvalue weighted by atomic mass is 32.2. The topological polar surface area (TPSA) is 76.4 Å². The van der Waals surface area contributed by atoms with Gasteiger partial charge in [-0.1, -0.05) is 24.3 Å². The molecule has 0 aliphatic carbocycles. The van der Waals surface area contributed by atoms with Crippen molar-refractivity contribution >= 4 is 49.6 Å². The predicted octanol–water partition coefficient (Wildman–Crippen LogP) is 3.26. The number of carbonyl (C=O) groups is 1. The number of rotatable bonds is 4. The zero-order valence-electron chi connectivity index (χ0n) is 13.5. The zero-order chi connectivity index (χ0) is 17.6. The molecule has 2 aromatic carbocycles. The molecule has 1 heterocycles. The number of carboxylic acids is 1. The van der Waals surface area contributed by atoms with Crippen molar-refractivity contribution in [3.63, 3.8) is 0 Å². The molecule has 0 atom stereocenters. The van der Waals surface area contributed by atoms with Crippen molar-refractivity contribution in [2.75, 3.05) is 12.5 Å². The summed E-state index contributed by atoms with van der Waals surface area (Å²) in [5.41, 5.74) is 2.69. The minimum absolute atomic E-state index is 0.141. The van der Waals surface area contributed by atoms with Crippen LogP contribution in [0.5, 0.6) is 0 Å². The van der Waals surface area contributed by atoms with Gasteiger partial charge in [0.15, 0.2) is 0 Å². The predicted molar refractivity (Wildman–Crippen MR) is 97.5 cm³/mol. The maximum Gasteiger partial charge on any atom is 0.307 e. The summed E-state index contributed by atoms with van der Waals surface area (Å²) in [4.78, 5) is 11.9. The Morgan fingerprint density at radius 1 is 1.29 bits per heavy atom. The number of hydrogen-bond acceptors (Lipinski definition) is 4. The van der Waals surface area contributed by atoms with Gasteiger partial charge in [0.1, 0.15) is 0 Å². The minimum atomic E-state index is -3.55. The summed E-state index contributed by atoms with van der Waals surface area (Å²) < 4.78 is 26.3. The van der Waals surface area contributed by atoms with Crippen LogP contribution in [0, 0.1) is 6.92 Å². The van der Waals surface area contributed by atoms with Crippen molar-refractivity contribution < 1.29 is 18.3 Å². The van der Waals surface area contributed by atoms with E-state index >= 15 is 0 Å². The van der Waals surface area contributed by atoms with E-state index in [9.17, 15) is 18.3 Å². The molecule has 7 heteroatoms. The Morgan fingerprint density at radius 3 is 2.54 bits per heavy atom. The Labute approximate surface area is 144 Å². The summed E-state index contributed by atoms with van der Waals surface area (Å²) in [6.45, 7) is 1.89. The summed E-state index contributed by atoms with van der Waals surface area (Å²) in [6.07, 6.45) is 2.86. The third-order valence-electron chi connectivity index (χ3n) is 4.00. The van der Waals surface area contributed by atoms with Crippen molar-refractivity contribution in [3.8, 4) is 0 Å². The minimum Gasteiger partial charge on any atom is -0.481 e. The Bertz CT molecular complexity index is 1080. The molecule has 0 aliphatic rings. The monoisotopic (exact) mass is 363 g/mol. The van der Waals surface area contributed by atoms with Gasteiger partial charge in [-0.3, -0.25) is 4.79 Å². The number of aromatic nitrogens is 1. The van der Waals surface area contributed by atoms with Crippen LogP contribution in [0.25, 0.3) is 21.8 Å². The molecule has 0 aliphatic heterocycles. The molecule has 0 bridgehead atoms. The number of aliphatic carboxylic acids is 1. The van der Waals surface area contributed by atoms with Crippen LogP contribution in [-0.4, -0.2) is 36.0 Å². The number of hydrogen-bond donors (Lipinski definition) is 1. The average Bonchev–Trinajstić information content (AvgIpc) is 2.82. The lowest BCUT2D eigenvalue weighted by atomic mass is 10.0. The number of benzene rings is 2. The second-order valence-corrected chi connectivity index (χ2v) is 8.37. The number of para-hydroxylation sites is 1. The van der Waals surface area contributed by atoms with Crippen LogP contribution in [0.2, 0.25) is 0 Å². The molecule has 0 saturated heterocycles. The molecular formula is C17H17NO4S2. The first-order valence-electron chi connectivity index (χ1n) is 7.27. The number of fused-ring (bicyclic) bond motifs is 3. The lowest BCUT2D eigenvalue weighted by Crippen LogP contribution is -2.11. The van der Waals surface area contributed by atoms with Crippen molar-refractivity contribution in [2.24, 2.45) is 0 Å². The average molecular weight is 363 g/mol. The van der Waals surface area contributed by atoms with Gasteiger partial charge in [-0.25, -0.2) is 12.4 Å². The zero-order valence-corrected chi connectivity index (χ0v) is 15.2. The third-order valence-corrected chi connectivity index (χ3v) is 5.91. The Hall–Kier alpha value is -1.99. The normalized spacial score (nSPS) is 12.1. The number of carboxylic acid groups (broad SMARTS) is 1. The van der Waals surface area contributed by atoms with Crippen LogP contribution >= 0.6 is 11.8 Å². The molecule has 3 rings (SSSR count). The van der Waals surface area contributed by atoms with Gasteiger partial charge in [-0.05, 0) is 30.4 Å². The summed E-state index contributed by atoms with van der Waals surface area (Å²) in [6, 6.07) is 9.19. The molecule has 3 aromatic rings. The molecule has 1 aromatic heterocycles. The van der Waals surface area contributed by atoms with Crippen molar-refractivity contribution in [3.05, 3.63) is 41.5 Å². The molecule has 0 radical (unpaired) electrons. The summed E-state index contributed by atoms with van der Waals surface area (Å²) in [7, 11) is -3.55. The summed E-state index contributed by atoms with van der Waals surface area (Å²) >= 11 is 1.37. The van der Waals surface area contributed by atoms with Gasteiger partial charge in [0.2, 0.25) is 10.0 Å². The van der Waals surface area contributed by atoms with Crippen molar-refractivity contribution in [1.82, 2.24) is 3.97 Å². The van der Waals surface area contributed by atoms with Gasteiger partial charge < -0.3 is 5.11 Å². The van der Waals surface area contributed by atoms with E-state index in [1.54, 1.807) is 12.1 Å². The first-order valence-corrected chi connectivity index (χ1v) is 10.3. The van der Waals surface area contributed by atoms with Gasteiger partial charge in [-0.15, -0.1) is 11.8 Å². The second kappa shape index (κ2) is 5.82. The molecule has 0 amide bonds. The van der Waals surface area contributed by atoms with E-state index in [4.69, 9.17) is 0 Å². The van der Waals surface area contributed by atoms with E-state index in [2.05, 4.69) is 0 Å². The lowest BCUT2D eigenvalue weighted by molar-refractivity contribution is -0.136. The van der Waals surface area contributed by atoms with Crippen LogP contribution in [0.15, 0.2) is 35.2 Å². The van der Waals surface area contributed by atoms with Gasteiger partial charge in [0.25, 0.3) is 0 Å². The smallest absolute Gasteiger partial charge is 0.307 e. The SMILES string of the molecule is CSc1c(CC(=O)O)cc(C)c2c3ccccc3n(S(C)(=O)=O)c12. The van der Waals surface area contributed by atoms with E-state index in [0.29, 0.717) is 21.5 Å². The van der Waals surface area contributed by atoms with E-state index in [0.717, 1.165) is 16.3 Å². The van der Waals surface area contributed by atoms with E-state index in [1.165, 1.54) is 22.0 Å². The van der Waals surface area contributed by atoms with Gasteiger partial charge in [0, 0.05) is 15.7 Å². The maximum atomic E-state index is 12.5. The van der Waals surface area contributed by atoms with Crippen molar-refractivity contribution in [1.29, 1.82) is 0 Å². The number of thioether (sulfide) groups is 1. The summed E-state index contributed by atoms with van der Waals surface area (Å²) in [5, 5.41) is 10.9. The summed E-state index contributed by atoms with van der Waals surface area (Å²) in [5.74, 6) is -0.939. The lowest BCUT2D eigenvalue weighted by Gasteiger charge is -2.13. The fourth-order valence-electron chi connectivity index (χ4n) is 3.23. The standard InChI is InChI=1S/C17H17NO4S2/c1-10-8-11(9-14(19)20)17(23-2)16-15(10)12-6-4-5-7-13(12)18(16)24(3,21)22/h4-8H,9H2,1-3H3,(H,19,20). The van der Waals surface area contributed by atoms with Gasteiger partial charge >= 0.3 is 5.97 Å². The Morgan fingerprint density at radius 2 is 1.96 bits per heavy atom. The van der Waals surface area contributed by atoms with Gasteiger partial charge in [-0.2, -0.15) is 0 Å². The maximum absolute atomic E-state index is 12.5. The highest BCUT2D eigenvalue weighted by Gasteiger charge is 2.23. The fraction of sp³-hybridized carbons (Fsp3) is 0.235. The highest BCUT2D eigenvalue weighted by Crippen LogP contribution is 2.40. The molecule has 126 valence electrons. The van der Waals surface area contributed by atoms with Crippen LogP contribution in [0.4, 0.5) is 0 Å². The first kappa shape index (κ1) is 16.9. The molecule has 5 nitrogen and oxygen atoms in total. The van der Waals surface area contributed by atoms with Gasteiger partial charge in [0.05, 0.1) is 23.7 Å². The molecule has 0 spiro atoms. The molecule has 0 unspecified atom stereocenters.